The summed E-state index contributed by atoms with van der Waals surface area (Å²) in [5, 5.41) is 2.68. The molecule has 2 saturated heterocycles. The molecule has 0 bridgehead atoms. The van der Waals surface area contributed by atoms with Gasteiger partial charge in [-0.3, -0.25) is 4.79 Å². The quantitative estimate of drug-likeness (QED) is 0.215. The number of morpholine rings is 1. The van der Waals surface area contributed by atoms with Crippen LogP contribution in [0.2, 0.25) is 0 Å². The first-order valence-corrected chi connectivity index (χ1v) is 15.0. The Morgan fingerprint density at radius 2 is 1.85 bits per heavy atom. The molecular formula is C33H36F3N3O7. The van der Waals surface area contributed by atoms with Crippen LogP contribution in [0.4, 0.5) is 24.7 Å². The molecule has 2 aromatic carbocycles. The van der Waals surface area contributed by atoms with E-state index in [9.17, 15) is 22.8 Å². The molecule has 2 aliphatic rings. The van der Waals surface area contributed by atoms with Gasteiger partial charge in [0.05, 0.1) is 32.5 Å². The zero-order valence-corrected chi connectivity index (χ0v) is 25.7. The van der Waals surface area contributed by atoms with Crippen LogP contribution in [0.1, 0.15) is 40.7 Å². The van der Waals surface area contributed by atoms with Crippen LogP contribution in [0.15, 0.2) is 48.5 Å². The van der Waals surface area contributed by atoms with Gasteiger partial charge >= 0.3 is 11.9 Å². The van der Waals surface area contributed by atoms with E-state index in [2.05, 4.69) is 15.0 Å². The summed E-state index contributed by atoms with van der Waals surface area (Å²) in [7, 11) is 0.767. The van der Waals surface area contributed by atoms with E-state index in [-0.39, 0.29) is 18.5 Å². The average molecular weight is 644 g/mol. The Morgan fingerprint density at radius 1 is 1.04 bits per heavy atom. The highest BCUT2D eigenvalue weighted by Crippen LogP contribution is 2.34. The summed E-state index contributed by atoms with van der Waals surface area (Å²) in [6, 6.07) is 11.3. The standard InChI is InChI=1S/C33H36F3N3O7/c1-21-6-8-24(37-31(40)22-7-9-27(34)26(17-22)33(35,36)32(41)42-2)20-25(21)23-18-28(39-10-13-43-14-11-39)38-29(19-23)44-15-16-46-30-5-3-4-12-45-30/h6-9,17-20,30H,3-5,10-16H2,1-2H3,(H,37,40). The number of alkyl halides is 2. The molecule has 5 rings (SSSR count). The molecule has 1 aromatic heterocycles. The fourth-order valence-electron chi connectivity index (χ4n) is 5.20. The Labute approximate surface area is 264 Å². The third-order valence-electron chi connectivity index (χ3n) is 7.71. The number of anilines is 2. The van der Waals surface area contributed by atoms with Crippen LogP contribution in [-0.4, -0.2) is 76.4 Å². The second kappa shape index (κ2) is 14.9. The number of carbonyl (C=O) groups is 2. The molecule has 13 heteroatoms. The molecule has 1 N–H and O–H groups in total. The SMILES string of the molecule is COC(=O)C(F)(F)c1cc(C(=O)Nc2ccc(C)c(-c3cc(OCCOC4CCCCO4)nc(N4CCOCC4)c3)c2)ccc1F. The number of halogens is 3. The molecule has 2 aliphatic heterocycles. The van der Waals surface area contributed by atoms with Crippen molar-refractivity contribution in [1.29, 1.82) is 0 Å². The Hall–Kier alpha value is -4.20. The highest BCUT2D eigenvalue weighted by Gasteiger charge is 2.45. The predicted molar refractivity (Wildman–Crippen MR) is 163 cm³/mol. The Bertz CT molecular complexity index is 1540. The molecule has 0 radical (unpaired) electrons. The van der Waals surface area contributed by atoms with Gasteiger partial charge in [0.2, 0.25) is 5.88 Å². The lowest BCUT2D eigenvalue weighted by Crippen LogP contribution is -2.36. The second-order valence-electron chi connectivity index (χ2n) is 10.9. The van der Waals surface area contributed by atoms with E-state index in [0.717, 1.165) is 49.1 Å². The lowest BCUT2D eigenvalue weighted by Gasteiger charge is -2.28. The Balaban J connectivity index is 1.37. The highest BCUT2D eigenvalue weighted by molar-refractivity contribution is 6.05. The maximum atomic E-state index is 14.5. The monoisotopic (exact) mass is 643 g/mol. The summed E-state index contributed by atoms with van der Waals surface area (Å²) < 4.78 is 70.2. The smallest absolute Gasteiger partial charge is 0.381 e. The van der Waals surface area contributed by atoms with E-state index in [0.29, 0.717) is 69.0 Å². The number of carbonyl (C=O) groups excluding carboxylic acids is 2. The number of aryl methyl sites for hydroxylation is 1. The summed E-state index contributed by atoms with van der Waals surface area (Å²) in [5.41, 5.74) is 1.28. The minimum atomic E-state index is -4.28. The summed E-state index contributed by atoms with van der Waals surface area (Å²) in [4.78, 5) is 31.5. The van der Waals surface area contributed by atoms with Crippen LogP contribution in [0.3, 0.4) is 0 Å². The third kappa shape index (κ3) is 7.95. The second-order valence-corrected chi connectivity index (χ2v) is 10.9. The molecule has 3 aromatic rings. The first-order chi connectivity index (χ1) is 22.2. The van der Waals surface area contributed by atoms with Crippen molar-refractivity contribution in [3.05, 3.63) is 71.0 Å². The van der Waals surface area contributed by atoms with Crippen LogP contribution in [0.5, 0.6) is 5.88 Å². The van der Waals surface area contributed by atoms with Gasteiger partial charge in [-0.15, -0.1) is 0 Å². The topological polar surface area (TPSA) is 108 Å². The van der Waals surface area contributed by atoms with Gasteiger partial charge in [-0.1, -0.05) is 6.07 Å². The van der Waals surface area contributed by atoms with Crippen molar-refractivity contribution >= 4 is 23.4 Å². The van der Waals surface area contributed by atoms with Gasteiger partial charge in [0.25, 0.3) is 5.91 Å². The minimum Gasteiger partial charge on any atom is -0.475 e. The molecular weight excluding hydrogens is 607 g/mol. The number of benzene rings is 2. The number of aromatic nitrogens is 1. The fourth-order valence-corrected chi connectivity index (χ4v) is 5.20. The van der Waals surface area contributed by atoms with Gasteiger partial charge in [0.15, 0.2) is 6.29 Å². The number of ether oxygens (including phenoxy) is 5. The normalized spacial score (nSPS) is 17.0. The molecule has 2 fully saturated rings. The van der Waals surface area contributed by atoms with Crippen molar-refractivity contribution < 1.29 is 46.4 Å². The van der Waals surface area contributed by atoms with Crippen LogP contribution in [0.25, 0.3) is 11.1 Å². The van der Waals surface area contributed by atoms with Crippen LogP contribution >= 0.6 is 0 Å². The molecule has 1 unspecified atom stereocenters. The number of nitrogens with one attached hydrogen (secondary N) is 1. The number of esters is 1. The zero-order valence-electron chi connectivity index (χ0n) is 25.7. The summed E-state index contributed by atoms with van der Waals surface area (Å²) in [5.74, 6) is -7.23. The van der Waals surface area contributed by atoms with Gasteiger partial charge < -0.3 is 33.9 Å². The summed E-state index contributed by atoms with van der Waals surface area (Å²) in [6.07, 6.45) is 2.72. The van der Waals surface area contributed by atoms with Crippen molar-refractivity contribution in [2.45, 2.75) is 38.4 Å². The lowest BCUT2D eigenvalue weighted by molar-refractivity contribution is -0.170. The molecule has 246 valence electrons. The highest BCUT2D eigenvalue weighted by atomic mass is 19.3. The van der Waals surface area contributed by atoms with E-state index < -0.39 is 29.2 Å². The number of pyridine rings is 1. The van der Waals surface area contributed by atoms with Gasteiger partial charge in [0.1, 0.15) is 18.2 Å². The third-order valence-corrected chi connectivity index (χ3v) is 7.71. The molecule has 1 atom stereocenters. The molecule has 0 spiro atoms. The zero-order chi connectivity index (χ0) is 32.7. The van der Waals surface area contributed by atoms with Gasteiger partial charge in [-0.05, 0) is 79.3 Å². The number of methoxy groups -OCH3 is 1. The maximum absolute atomic E-state index is 14.5. The van der Waals surface area contributed by atoms with E-state index in [1.54, 1.807) is 24.3 Å². The molecule has 0 aliphatic carbocycles. The number of nitrogens with zero attached hydrogens (tertiary/aromatic N) is 2. The van der Waals surface area contributed by atoms with Crippen molar-refractivity contribution in [2.24, 2.45) is 0 Å². The van der Waals surface area contributed by atoms with Crippen molar-refractivity contribution in [3.8, 4) is 17.0 Å². The van der Waals surface area contributed by atoms with E-state index in [4.69, 9.17) is 23.9 Å². The van der Waals surface area contributed by atoms with E-state index in [1.165, 1.54) is 0 Å². The van der Waals surface area contributed by atoms with Crippen molar-refractivity contribution in [1.82, 2.24) is 4.98 Å². The van der Waals surface area contributed by atoms with Crippen LogP contribution in [0, 0.1) is 12.7 Å². The van der Waals surface area contributed by atoms with Crippen LogP contribution in [-0.2, 0) is 29.7 Å². The Kier molecular flexibility index (Phi) is 10.8. The largest absolute Gasteiger partial charge is 0.475 e. The number of hydrogen-bond acceptors (Lipinski definition) is 9. The van der Waals surface area contributed by atoms with Gasteiger partial charge in [0, 0.05) is 37.0 Å². The summed E-state index contributed by atoms with van der Waals surface area (Å²) >= 11 is 0. The van der Waals surface area contributed by atoms with Crippen molar-refractivity contribution in [2.75, 3.05) is 63.5 Å². The Morgan fingerprint density at radius 3 is 2.59 bits per heavy atom. The molecule has 46 heavy (non-hydrogen) atoms. The van der Waals surface area contributed by atoms with E-state index >= 15 is 0 Å². The molecule has 0 saturated carbocycles. The number of rotatable bonds is 11. The maximum Gasteiger partial charge on any atom is 0.381 e. The first kappa shape index (κ1) is 33.2. The predicted octanol–water partition coefficient (Wildman–Crippen LogP) is 5.47. The van der Waals surface area contributed by atoms with Gasteiger partial charge in [-0.25, -0.2) is 9.18 Å². The van der Waals surface area contributed by atoms with Crippen LogP contribution < -0.4 is 15.0 Å². The first-order valence-electron chi connectivity index (χ1n) is 15.0. The number of hydrogen-bond donors (Lipinski definition) is 1. The average Bonchev–Trinajstić information content (AvgIpc) is 3.08. The molecule has 10 nitrogen and oxygen atoms in total. The van der Waals surface area contributed by atoms with Gasteiger partial charge in [-0.2, -0.15) is 13.8 Å². The summed E-state index contributed by atoms with van der Waals surface area (Å²) in [6.45, 7) is 5.64. The number of amides is 1. The minimum absolute atomic E-state index is 0.230. The molecule has 3 heterocycles. The van der Waals surface area contributed by atoms with Crippen molar-refractivity contribution in [3.63, 3.8) is 0 Å². The fraction of sp³-hybridized carbons (Fsp3) is 0.424. The molecule has 1 amide bonds. The van der Waals surface area contributed by atoms with E-state index in [1.807, 2.05) is 13.0 Å². The lowest BCUT2D eigenvalue weighted by atomic mass is 10.00.